The maximum atomic E-state index is 12.1. The third-order valence-corrected chi connectivity index (χ3v) is 3.30. The molecule has 1 saturated heterocycles. The predicted octanol–water partition coefficient (Wildman–Crippen LogP) is 0.989. The van der Waals surface area contributed by atoms with Crippen LogP contribution in [0.4, 0.5) is 0 Å². The average molecular weight is 252 g/mol. The van der Waals surface area contributed by atoms with Crippen molar-refractivity contribution >= 4 is 0 Å². The molecule has 5 heteroatoms. The molecule has 0 N–H and O–H groups in total. The van der Waals surface area contributed by atoms with Crippen molar-refractivity contribution < 1.29 is 4.74 Å². The molecule has 0 radical (unpaired) electrons. The highest BCUT2D eigenvalue weighted by Crippen LogP contribution is 2.15. The molecule has 1 atom stereocenters. The van der Waals surface area contributed by atoms with Gasteiger partial charge in [0.1, 0.15) is 0 Å². The number of ether oxygens (including phenoxy) is 1. The van der Waals surface area contributed by atoms with E-state index >= 15 is 0 Å². The molecule has 5 nitrogen and oxygen atoms in total. The lowest BCUT2D eigenvalue weighted by atomic mass is 10.2. The van der Waals surface area contributed by atoms with Gasteiger partial charge in [-0.25, -0.2) is 4.79 Å². The van der Waals surface area contributed by atoms with Crippen molar-refractivity contribution in [1.29, 1.82) is 0 Å². The summed E-state index contributed by atoms with van der Waals surface area (Å²) in [4.78, 5) is 23.8. The van der Waals surface area contributed by atoms with Gasteiger partial charge in [0.15, 0.2) is 0 Å². The van der Waals surface area contributed by atoms with Crippen LogP contribution in [-0.4, -0.2) is 21.8 Å². The molecule has 0 amide bonds. The topological polar surface area (TPSA) is 53.2 Å². The number of hydrogen-bond acceptors (Lipinski definition) is 3. The number of aryl methyl sites for hydroxylation is 1. The molecule has 0 aliphatic carbocycles. The third kappa shape index (κ3) is 2.90. The number of aromatic nitrogens is 2. The maximum Gasteiger partial charge on any atom is 0.330 e. The highest BCUT2D eigenvalue weighted by Gasteiger charge is 2.16. The first-order valence-corrected chi connectivity index (χ1v) is 6.64. The Labute approximate surface area is 106 Å². The first-order chi connectivity index (χ1) is 8.72. The number of nitrogens with zero attached hydrogens (tertiary/aromatic N) is 2. The van der Waals surface area contributed by atoms with E-state index < -0.39 is 0 Å². The van der Waals surface area contributed by atoms with Crippen molar-refractivity contribution in [2.45, 2.75) is 51.8 Å². The maximum absolute atomic E-state index is 12.1. The number of hydrogen-bond donors (Lipinski definition) is 0. The highest BCUT2D eigenvalue weighted by molar-refractivity contribution is 4.86. The molecular formula is C13H20N2O3. The number of rotatable bonds is 5. The zero-order valence-electron chi connectivity index (χ0n) is 10.8. The molecule has 0 bridgehead atoms. The van der Waals surface area contributed by atoms with Crippen molar-refractivity contribution in [2.24, 2.45) is 0 Å². The minimum atomic E-state index is -0.217. The first kappa shape index (κ1) is 13.1. The van der Waals surface area contributed by atoms with E-state index in [0.29, 0.717) is 13.1 Å². The molecular weight excluding hydrogens is 232 g/mol. The molecule has 100 valence electrons. The van der Waals surface area contributed by atoms with E-state index in [9.17, 15) is 9.59 Å². The quantitative estimate of drug-likeness (QED) is 0.785. The minimum Gasteiger partial charge on any atom is -0.378 e. The molecule has 2 rings (SSSR count). The molecule has 1 unspecified atom stereocenters. The zero-order chi connectivity index (χ0) is 13.0. The van der Waals surface area contributed by atoms with E-state index in [0.717, 1.165) is 32.3 Å². The Hall–Kier alpha value is -1.36. The van der Waals surface area contributed by atoms with E-state index in [1.807, 2.05) is 6.92 Å². The molecule has 0 aromatic carbocycles. The molecule has 0 saturated carbocycles. The second-order valence-electron chi connectivity index (χ2n) is 4.71. The Kier molecular flexibility index (Phi) is 4.36. The lowest BCUT2D eigenvalue weighted by Crippen LogP contribution is -2.39. The Morgan fingerprint density at radius 1 is 1.39 bits per heavy atom. The van der Waals surface area contributed by atoms with Gasteiger partial charge in [-0.3, -0.25) is 9.36 Å². The van der Waals surface area contributed by atoms with Gasteiger partial charge in [0.2, 0.25) is 0 Å². The van der Waals surface area contributed by atoms with Crippen LogP contribution in [-0.2, 0) is 17.8 Å². The molecule has 18 heavy (non-hydrogen) atoms. The fourth-order valence-corrected chi connectivity index (χ4v) is 2.32. The van der Waals surface area contributed by atoms with Crippen LogP contribution in [0.5, 0.6) is 0 Å². The van der Waals surface area contributed by atoms with Crippen LogP contribution in [0, 0.1) is 0 Å². The largest absolute Gasteiger partial charge is 0.378 e. The smallest absolute Gasteiger partial charge is 0.330 e. The predicted molar refractivity (Wildman–Crippen MR) is 68.8 cm³/mol. The highest BCUT2D eigenvalue weighted by atomic mass is 16.5. The zero-order valence-corrected chi connectivity index (χ0v) is 10.8. The summed E-state index contributed by atoms with van der Waals surface area (Å²) < 4.78 is 8.42. The van der Waals surface area contributed by atoms with Crippen LogP contribution < -0.4 is 11.2 Å². The Morgan fingerprint density at radius 2 is 2.22 bits per heavy atom. The monoisotopic (exact) mass is 252 g/mol. The summed E-state index contributed by atoms with van der Waals surface area (Å²) in [7, 11) is 0. The third-order valence-electron chi connectivity index (χ3n) is 3.30. The molecule has 1 aromatic rings. The van der Waals surface area contributed by atoms with Crippen LogP contribution in [0.15, 0.2) is 21.9 Å². The summed E-state index contributed by atoms with van der Waals surface area (Å²) in [5, 5.41) is 0. The van der Waals surface area contributed by atoms with E-state index in [4.69, 9.17) is 4.74 Å². The summed E-state index contributed by atoms with van der Waals surface area (Å²) in [6, 6.07) is 1.46. The second kappa shape index (κ2) is 6.00. The standard InChI is InChI=1S/C13H20N2O3/c1-2-7-14-8-6-12(16)15(13(14)17)9-5-11-4-3-10-18-11/h6,8,11H,2-5,7,9-10H2,1H3. The van der Waals surface area contributed by atoms with Crippen molar-refractivity contribution in [3.63, 3.8) is 0 Å². The SMILES string of the molecule is CCCn1ccc(=O)n(CCC2CCCO2)c1=O. The molecule has 0 spiro atoms. The molecule has 1 aliphatic rings. The van der Waals surface area contributed by atoms with Gasteiger partial charge in [-0.1, -0.05) is 6.92 Å². The summed E-state index contributed by atoms with van der Waals surface area (Å²) in [5.74, 6) is 0. The van der Waals surface area contributed by atoms with Gasteiger partial charge in [0.25, 0.3) is 5.56 Å². The summed E-state index contributed by atoms with van der Waals surface area (Å²) in [5.41, 5.74) is -0.423. The van der Waals surface area contributed by atoms with Gasteiger partial charge in [-0.05, 0) is 25.7 Å². The van der Waals surface area contributed by atoms with E-state index in [1.54, 1.807) is 10.8 Å². The Bertz CT molecular complexity index is 498. The Morgan fingerprint density at radius 3 is 2.89 bits per heavy atom. The van der Waals surface area contributed by atoms with Crippen molar-refractivity contribution in [3.8, 4) is 0 Å². The van der Waals surface area contributed by atoms with Gasteiger partial charge >= 0.3 is 5.69 Å². The van der Waals surface area contributed by atoms with Gasteiger partial charge in [0, 0.05) is 32.0 Å². The summed E-state index contributed by atoms with van der Waals surface area (Å²) in [6.07, 6.45) is 5.52. The van der Waals surface area contributed by atoms with Gasteiger partial charge in [-0.2, -0.15) is 0 Å². The average Bonchev–Trinajstić information content (AvgIpc) is 2.86. The van der Waals surface area contributed by atoms with E-state index in [1.165, 1.54) is 10.6 Å². The van der Waals surface area contributed by atoms with Crippen LogP contribution in [0.25, 0.3) is 0 Å². The Balaban J connectivity index is 2.12. The van der Waals surface area contributed by atoms with Crippen molar-refractivity contribution in [2.75, 3.05) is 6.61 Å². The van der Waals surface area contributed by atoms with Crippen LogP contribution in [0.3, 0.4) is 0 Å². The fourth-order valence-electron chi connectivity index (χ4n) is 2.32. The van der Waals surface area contributed by atoms with Crippen LogP contribution >= 0.6 is 0 Å². The molecule has 1 aromatic heterocycles. The van der Waals surface area contributed by atoms with Crippen molar-refractivity contribution in [1.82, 2.24) is 9.13 Å². The van der Waals surface area contributed by atoms with E-state index in [-0.39, 0.29) is 17.4 Å². The lowest BCUT2D eigenvalue weighted by Gasteiger charge is -2.11. The molecule has 1 aliphatic heterocycles. The summed E-state index contributed by atoms with van der Waals surface area (Å²) >= 11 is 0. The lowest BCUT2D eigenvalue weighted by molar-refractivity contribution is 0.0996. The minimum absolute atomic E-state index is 0.205. The van der Waals surface area contributed by atoms with Gasteiger partial charge in [-0.15, -0.1) is 0 Å². The summed E-state index contributed by atoms with van der Waals surface area (Å²) in [6.45, 7) is 3.91. The van der Waals surface area contributed by atoms with E-state index in [2.05, 4.69) is 0 Å². The van der Waals surface area contributed by atoms with Crippen molar-refractivity contribution in [3.05, 3.63) is 33.1 Å². The second-order valence-corrected chi connectivity index (χ2v) is 4.71. The molecule has 2 heterocycles. The fraction of sp³-hybridized carbons (Fsp3) is 0.692. The van der Waals surface area contributed by atoms with Gasteiger partial charge in [0.05, 0.1) is 6.10 Å². The molecule has 1 fully saturated rings. The van der Waals surface area contributed by atoms with Crippen LogP contribution in [0.2, 0.25) is 0 Å². The normalized spacial score (nSPS) is 19.3. The first-order valence-electron chi connectivity index (χ1n) is 6.64. The van der Waals surface area contributed by atoms with Crippen LogP contribution in [0.1, 0.15) is 32.6 Å². The van der Waals surface area contributed by atoms with Gasteiger partial charge < -0.3 is 9.30 Å².